The van der Waals surface area contributed by atoms with E-state index in [1.165, 1.54) is 0 Å². The van der Waals surface area contributed by atoms with Crippen LogP contribution < -0.4 is 10.5 Å². The van der Waals surface area contributed by atoms with Gasteiger partial charge in [0.1, 0.15) is 5.75 Å². The normalized spacial score (nSPS) is 9.72. The van der Waals surface area contributed by atoms with Gasteiger partial charge in [-0.15, -0.1) is 0 Å². The van der Waals surface area contributed by atoms with Crippen LogP contribution in [0.2, 0.25) is 0 Å². The van der Waals surface area contributed by atoms with Crippen molar-refractivity contribution in [1.29, 1.82) is 5.26 Å². The van der Waals surface area contributed by atoms with Gasteiger partial charge in [-0.1, -0.05) is 6.07 Å². The van der Waals surface area contributed by atoms with Gasteiger partial charge in [0.15, 0.2) is 0 Å². The van der Waals surface area contributed by atoms with Crippen LogP contribution in [0.5, 0.6) is 5.75 Å². The first-order chi connectivity index (χ1) is 8.79. The average molecular weight is 239 g/mol. The molecule has 4 nitrogen and oxygen atoms in total. The number of hydrogen-bond donors (Lipinski definition) is 1. The van der Waals surface area contributed by atoms with Crippen LogP contribution in [-0.4, -0.2) is 11.6 Å². The molecule has 2 N–H and O–H groups in total. The second-order valence-corrected chi connectivity index (χ2v) is 3.78. The van der Waals surface area contributed by atoms with Gasteiger partial charge in [-0.25, -0.2) is 0 Å². The van der Waals surface area contributed by atoms with Crippen LogP contribution in [0, 0.1) is 11.3 Å². The molecule has 0 spiro atoms. The number of pyridine rings is 1. The second kappa shape index (κ2) is 5.69. The molecule has 4 heteroatoms. The van der Waals surface area contributed by atoms with E-state index in [-0.39, 0.29) is 0 Å². The maximum absolute atomic E-state index is 8.72. The minimum absolute atomic E-state index is 0.482. The first kappa shape index (κ1) is 11.9. The van der Waals surface area contributed by atoms with Gasteiger partial charge >= 0.3 is 0 Å². The zero-order valence-corrected chi connectivity index (χ0v) is 9.84. The van der Waals surface area contributed by atoms with Crippen molar-refractivity contribution in [3.8, 4) is 11.8 Å². The van der Waals surface area contributed by atoms with Crippen molar-refractivity contribution in [3.63, 3.8) is 0 Å². The summed E-state index contributed by atoms with van der Waals surface area (Å²) in [7, 11) is 0. The summed E-state index contributed by atoms with van der Waals surface area (Å²) in [5.74, 6) is 0.602. The van der Waals surface area contributed by atoms with Gasteiger partial charge in [-0.2, -0.15) is 5.26 Å². The SMILES string of the molecule is N#Cc1ccc(OCCc2ccccn2)c(N)c1. The number of rotatable bonds is 4. The summed E-state index contributed by atoms with van der Waals surface area (Å²) < 4.78 is 5.57. The molecule has 2 rings (SSSR count). The molecule has 0 radical (unpaired) electrons. The van der Waals surface area contributed by atoms with Crippen molar-refractivity contribution >= 4 is 5.69 Å². The highest BCUT2D eigenvalue weighted by Gasteiger charge is 2.02. The summed E-state index contributed by atoms with van der Waals surface area (Å²) in [4.78, 5) is 4.21. The predicted octanol–water partition coefficient (Wildman–Crippen LogP) is 2.16. The molecular weight excluding hydrogens is 226 g/mol. The minimum Gasteiger partial charge on any atom is -0.491 e. The van der Waals surface area contributed by atoms with E-state index < -0.39 is 0 Å². The van der Waals surface area contributed by atoms with Crippen LogP contribution in [-0.2, 0) is 6.42 Å². The first-order valence-electron chi connectivity index (χ1n) is 5.62. The topological polar surface area (TPSA) is 71.9 Å². The van der Waals surface area contributed by atoms with E-state index in [1.54, 1.807) is 24.4 Å². The minimum atomic E-state index is 0.482. The van der Waals surface area contributed by atoms with Crippen molar-refractivity contribution < 1.29 is 4.74 Å². The molecule has 1 heterocycles. The molecule has 0 atom stereocenters. The van der Waals surface area contributed by atoms with Gasteiger partial charge in [0.2, 0.25) is 0 Å². The van der Waals surface area contributed by atoms with Crippen LogP contribution in [0.1, 0.15) is 11.3 Å². The van der Waals surface area contributed by atoms with Crippen LogP contribution in [0.15, 0.2) is 42.6 Å². The maximum atomic E-state index is 8.72. The number of nitrogens with two attached hydrogens (primary N) is 1. The van der Waals surface area contributed by atoms with Crippen LogP contribution >= 0.6 is 0 Å². The Morgan fingerprint density at radius 1 is 1.28 bits per heavy atom. The fourth-order valence-electron chi connectivity index (χ4n) is 1.56. The van der Waals surface area contributed by atoms with Crippen molar-refractivity contribution in [1.82, 2.24) is 4.98 Å². The molecule has 0 saturated heterocycles. The summed E-state index contributed by atoms with van der Waals surface area (Å²) in [5.41, 5.74) is 7.77. The monoisotopic (exact) mass is 239 g/mol. The van der Waals surface area contributed by atoms with E-state index in [4.69, 9.17) is 15.7 Å². The molecule has 1 aromatic carbocycles. The summed E-state index contributed by atoms with van der Waals surface area (Å²) in [6.45, 7) is 0.507. The molecule has 18 heavy (non-hydrogen) atoms. The van der Waals surface area contributed by atoms with Crippen molar-refractivity contribution in [2.24, 2.45) is 0 Å². The number of aromatic nitrogens is 1. The quantitative estimate of drug-likeness (QED) is 0.830. The van der Waals surface area contributed by atoms with Gasteiger partial charge in [-0.05, 0) is 30.3 Å². The van der Waals surface area contributed by atoms with E-state index in [0.29, 0.717) is 23.6 Å². The third kappa shape index (κ3) is 2.98. The molecule has 0 unspecified atom stereocenters. The van der Waals surface area contributed by atoms with Crippen molar-refractivity contribution in [2.75, 3.05) is 12.3 Å². The third-order valence-corrected chi connectivity index (χ3v) is 2.48. The fraction of sp³-hybridized carbons (Fsp3) is 0.143. The molecule has 90 valence electrons. The zero-order chi connectivity index (χ0) is 12.8. The van der Waals surface area contributed by atoms with Gasteiger partial charge in [0.05, 0.1) is 23.9 Å². The molecule has 0 aliphatic heterocycles. The molecule has 0 aliphatic carbocycles. The largest absolute Gasteiger partial charge is 0.491 e. The molecule has 0 amide bonds. The van der Waals surface area contributed by atoms with E-state index in [9.17, 15) is 0 Å². The number of nitrogens with zero attached hydrogens (tertiary/aromatic N) is 2. The number of anilines is 1. The van der Waals surface area contributed by atoms with Crippen LogP contribution in [0.25, 0.3) is 0 Å². The highest BCUT2D eigenvalue weighted by molar-refractivity contribution is 5.56. The molecule has 0 aliphatic rings. The molecule has 0 fully saturated rings. The van der Waals surface area contributed by atoms with Gasteiger partial charge in [0, 0.05) is 18.3 Å². The van der Waals surface area contributed by atoms with Gasteiger partial charge < -0.3 is 10.5 Å². The summed E-state index contributed by atoms with van der Waals surface area (Å²) in [6, 6.07) is 12.8. The van der Waals surface area contributed by atoms with E-state index in [2.05, 4.69) is 4.98 Å². The number of benzene rings is 1. The number of nitrogen functional groups attached to an aromatic ring is 1. The lowest BCUT2D eigenvalue weighted by Gasteiger charge is -2.08. The third-order valence-electron chi connectivity index (χ3n) is 2.48. The van der Waals surface area contributed by atoms with Crippen LogP contribution in [0.3, 0.4) is 0 Å². The van der Waals surface area contributed by atoms with Crippen molar-refractivity contribution in [3.05, 3.63) is 53.9 Å². The molecular formula is C14H13N3O. The highest BCUT2D eigenvalue weighted by atomic mass is 16.5. The Labute approximate surface area is 106 Å². The van der Waals surface area contributed by atoms with Crippen molar-refractivity contribution in [2.45, 2.75) is 6.42 Å². The standard InChI is InChI=1S/C14H13N3O/c15-10-11-4-5-14(13(16)9-11)18-8-6-12-3-1-2-7-17-12/h1-5,7,9H,6,8,16H2. The molecule has 0 bridgehead atoms. The van der Waals surface area contributed by atoms with E-state index in [0.717, 1.165) is 12.1 Å². The first-order valence-corrected chi connectivity index (χ1v) is 5.62. The Hall–Kier alpha value is -2.54. The highest BCUT2D eigenvalue weighted by Crippen LogP contribution is 2.22. The molecule has 1 aromatic heterocycles. The van der Waals surface area contributed by atoms with E-state index >= 15 is 0 Å². The zero-order valence-electron chi connectivity index (χ0n) is 9.84. The Kier molecular flexibility index (Phi) is 3.77. The Morgan fingerprint density at radius 3 is 2.83 bits per heavy atom. The van der Waals surface area contributed by atoms with Crippen LogP contribution in [0.4, 0.5) is 5.69 Å². The lowest BCUT2D eigenvalue weighted by Crippen LogP contribution is -2.04. The Morgan fingerprint density at radius 2 is 2.17 bits per heavy atom. The fourth-order valence-corrected chi connectivity index (χ4v) is 1.56. The summed E-state index contributed by atoms with van der Waals surface area (Å²) >= 11 is 0. The summed E-state index contributed by atoms with van der Waals surface area (Å²) in [6.07, 6.45) is 2.48. The number of nitriles is 1. The lowest BCUT2D eigenvalue weighted by atomic mass is 10.2. The van der Waals surface area contributed by atoms with E-state index in [1.807, 2.05) is 24.3 Å². The smallest absolute Gasteiger partial charge is 0.142 e. The van der Waals surface area contributed by atoms with Gasteiger partial charge in [0.25, 0.3) is 0 Å². The summed E-state index contributed by atoms with van der Waals surface area (Å²) in [5, 5.41) is 8.72. The Bertz CT molecular complexity index is 561. The molecule has 2 aromatic rings. The number of hydrogen-bond acceptors (Lipinski definition) is 4. The Balaban J connectivity index is 1.93. The lowest BCUT2D eigenvalue weighted by molar-refractivity contribution is 0.322. The van der Waals surface area contributed by atoms with Gasteiger partial charge in [-0.3, -0.25) is 4.98 Å². The average Bonchev–Trinajstić information content (AvgIpc) is 2.42. The molecule has 0 saturated carbocycles. The predicted molar refractivity (Wildman–Crippen MR) is 69.0 cm³/mol. The maximum Gasteiger partial charge on any atom is 0.142 e. The number of ether oxygens (including phenoxy) is 1. The second-order valence-electron chi connectivity index (χ2n) is 3.78.